The van der Waals surface area contributed by atoms with Crippen LogP contribution in [0.2, 0.25) is 0 Å². The molecule has 1 aliphatic carbocycles. The minimum Gasteiger partial charge on any atom is -0.477 e. The van der Waals surface area contributed by atoms with Crippen molar-refractivity contribution < 1.29 is 9.90 Å². The lowest BCUT2D eigenvalue weighted by Gasteiger charge is -2.38. The lowest BCUT2D eigenvalue weighted by Crippen LogP contribution is -2.33. The molecule has 0 aromatic carbocycles. The number of carboxylic acids is 1. The highest BCUT2D eigenvalue weighted by molar-refractivity contribution is 5.85. The molecule has 2 N–H and O–H groups in total. The number of carbonyl (C=O) groups is 1. The lowest BCUT2D eigenvalue weighted by molar-refractivity contribution is 0.0690. The molecule has 2 rings (SSSR count). The molecule has 0 aliphatic heterocycles. The van der Waals surface area contributed by atoms with Gasteiger partial charge in [0.1, 0.15) is 0 Å². The SMILES string of the molecule is Cc1cc(C(=O)O)nc(NCC2(C)CCC2)n1. The van der Waals surface area contributed by atoms with Gasteiger partial charge in [0.05, 0.1) is 0 Å². The Bertz CT molecular complexity index is 441. The van der Waals surface area contributed by atoms with E-state index in [1.54, 1.807) is 6.92 Å². The van der Waals surface area contributed by atoms with E-state index in [0.29, 0.717) is 17.1 Å². The first kappa shape index (κ1) is 11.8. The first-order valence-electron chi connectivity index (χ1n) is 5.81. The molecule has 1 aromatic heterocycles. The van der Waals surface area contributed by atoms with Gasteiger partial charge in [-0.1, -0.05) is 13.3 Å². The van der Waals surface area contributed by atoms with Crippen molar-refractivity contribution in [1.82, 2.24) is 9.97 Å². The fourth-order valence-electron chi connectivity index (χ4n) is 2.01. The van der Waals surface area contributed by atoms with Crippen molar-refractivity contribution in [2.45, 2.75) is 33.1 Å². The largest absolute Gasteiger partial charge is 0.477 e. The van der Waals surface area contributed by atoms with Crippen LogP contribution < -0.4 is 5.32 Å². The third kappa shape index (κ3) is 2.72. The van der Waals surface area contributed by atoms with Crippen LogP contribution in [-0.2, 0) is 0 Å². The molecule has 1 fully saturated rings. The van der Waals surface area contributed by atoms with Gasteiger partial charge in [0, 0.05) is 12.2 Å². The minimum atomic E-state index is -1.02. The van der Waals surface area contributed by atoms with Crippen LogP contribution in [0.4, 0.5) is 5.95 Å². The van der Waals surface area contributed by atoms with Gasteiger partial charge in [-0.3, -0.25) is 0 Å². The highest BCUT2D eigenvalue weighted by Crippen LogP contribution is 2.39. The lowest BCUT2D eigenvalue weighted by atomic mass is 9.70. The van der Waals surface area contributed by atoms with E-state index in [0.717, 1.165) is 6.54 Å². The van der Waals surface area contributed by atoms with Crippen molar-refractivity contribution in [2.75, 3.05) is 11.9 Å². The van der Waals surface area contributed by atoms with Gasteiger partial charge in [-0.15, -0.1) is 0 Å². The number of hydrogen-bond donors (Lipinski definition) is 2. The van der Waals surface area contributed by atoms with Gasteiger partial charge in [0.25, 0.3) is 0 Å². The summed E-state index contributed by atoms with van der Waals surface area (Å²) in [6, 6.07) is 1.47. The third-order valence-electron chi connectivity index (χ3n) is 3.31. The maximum Gasteiger partial charge on any atom is 0.354 e. The van der Waals surface area contributed by atoms with Crippen LogP contribution in [0.3, 0.4) is 0 Å². The number of hydrogen-bond acceptors (Lipinski definition) is 4. The van der Waals surface area contributed by atoms with Gasteiger partial charge in [-0.25, -0.2) is 14.8 Å². The Morgan fingerprint density at radius 3 is 2.76 bits per heavy atom. The number of nitrogens with zero attached hydrogens (tertiary/aromatic N) is 2. The van der Waals surface area contributed by atoms with E-state index in [1.807, 2.05) is 0 Å². The van der Waals surface area contributed by atoms with Crippen LogP contribution in [0.5, 0.6) is 0 Å². The summed E-state index contributed by atoms with van der Waals surface area (Å²) in [7, 11) is 0. The molecule has 5 heteroatoms. The molecule has 1 heterocycles. The van der Waals surface area contributed by atoms with Crippen molar-refractivity contribution in [3.8, 4) is 0 Å². The fourth-order valence-corrected chi connectivity index (χ4v) is 2.01. The molecule has 1 aliphatic rings. The second-order valence-electron chi connectivity index (χ2n) is 5.04. The van der Waals surface area contributed by atoms with Crippen molar-refractivity contribution in [2.24, 2.45) is 5.41 Å². The molecule has 0 unspecified atom stereocenters. The molecule has 17 heavy (non-hydrogen) atoms. The van der Waals surface area contributed by atoms with Crippen LogP contribution in [-0.4, -0.2) is 27.6 Å². The normalized spacial score (nSPS) is 17.3. The van der Waals surface area contributed by atoms with E-state index >= 15 is 0 Å². The van der Waals surface area contributed by atoms with Gasteiger partial charge in [0.2, 0.25) is 5.95 Å². The molecule has 5 nitrogen and oxygen atoms in total. The number of aryl methyl sites for hydroxylation is 1. The van der Waals surface area contributed by atoms with Gasteiger partial charge in [-0.2, -0.15) is 0 Å². The average Bonchev–Trinajstić information content (AvgIpc) is 2.23. The van der Waals surface area contributed by atoms with Crippen molar-refractivity contribution in [1.29, 1.82) is 0 Å². The van der Waals surface area contributed by atoms with Crippen LogP contribution in [0.1, 0.15) is 42.4 Å². The van der Waals surface area contributed by atoms with Crippen LogP contribution in [0, 0.1) is 12.3 Å². The fraction of sp³-hybridized carbons (Fsp3) is 0.583. The number of carboxylic acid groups (broad SMARTS) is 1. The summed E-state index contributed by atoms with van der Waals surface area (Å²) in [5.74, 6) is -0.607. The first-order chi connectivity index (χ1) is 7.98. The summed E-state index contributed by atoms with van der Waals surface area (Å²) in [6.45, 7) is 4.79. The summed E-state index contributed by atoms with van der Waals surface area (Å²) in [5, 5.41) is 12.0. The third-order valence-corrected chi connectivity index (χ3v) is 3.31. The number of nitrogens with one attached hydrogen (secondary N) is 1. The second-order valence-corrected chi connectivity index (χ2v) is 5.04. The zero-order valence-electron chi connectivity index (χ0n) is 10.2. The van der Waals surface area contributed by atoms with Crippen LogP contribution in [0.15, 0.2) is 6.07 Å². The Morgan fingerprint density at radius 1 is 1.53 bits per heavy atom. The Labute approximate surface area is 100 Å². The number of aromatic nitrogens is 2. The quantitative estimate of drug-likeness (QED) is 0.835. The van der Waals surface area contributed by atoms with E-state index in [9.17, 15) is 4.79 Å². The highest BCUT2D eigenvalue weighted by atomic mass is 16.4. The predicted molar refractivity (Wildman–Crippen MR) is 64.2 cm³/mol. The smallest absolute Gasteiger partial charge is 0.354 e. The molecular formula is C12H17N3O2. The molecule has 1 saturated carbocycles. The van der Waals surface area contributed by atoms with E-state index in [2.05, 4.69) is 22.2 Å². The number of aromatic carboxylic acids is 1. The molecule has 0 bridgehead atoms. The highest BCUT2D eigenvalue weighted by Gasteiger charge is 2.31. The first-order valence-corrected chi connectivity index (χ1v) is 5.81. The summed E-state index contributed by atoms with van der Waals surface area (Å²) >= 11 is 0. The zero-order valence-corrected chi connectivity index (χ0v) is 10.2. The van der Waals surface area contributed by atoms with Gasteiger partial charge in [-0.05, 0) is 31.2 Å². The maximum atomic E-state index is 10.9. The Hall–Kier alpha value is -1.65. The van der Waals surface area contributed by atoms with Gasteiger partial charge < -0.3 is 10.4 Å². The van der Waals surface area contributed by atoms with Gasteiger partial charge >= 0.3 is 5.97 Å². The number of rotatable bonds is 4. The van der Waals surface area contributed by atoms with Gasteiger partial charge in [0.15, 0.2) is 5.69 Å². The monoisotopic (exact) mass is 235 g/mol. The summed E-state index contributed by atoms with van der Waals surface area (Å²) in [6.07, 6.45) is 3.68. The van der Waals surface area contributed by atoms with E-state index in [4.69, 9.17) is 5.11 Å². The standard InChI is InChI=1S/C12H17N3O2/c1-8-6-9(10(16)17)15-11(14-8)13-7-12(2)4-3-5-12/h6H,3-5,7H2,1-2H3,(H,16,17)(H,13,14,15). The summed E-state index contributed by atoms with van der Waals surface area (Å²) in [4.78, 5) is 19.0. The minimum absolute atomic E-state index is 0.0405. The van der Waals surface area contributed by atoms with Crippen LogP contribution >= 0.6 is 0 Å². The average molecular weight is 235 g/mol. The van der Waals surface area contributed by atoms with Crippen molar-refractivity contribution in [3.63, 3.8) is 0 Å². The molecule has 1 aromatic rings. The second kappa shape index (κ2) is 4.31. The Kier molecular flexibility index (Phi) is 3.00. The van der Waals surface area contributed by atoms with E-state index in [1.165, 1.54) is 25.3 Å². The predicted octanol–water partition coefficient (Wildman–Crippen LogP) is 2.09. The molecule has 92 valence electrons. The number of anilines is 1. The molecule has 0 amide bonds. The molecule has 0 spiro atoms. The van der Waals surface area contributed by atoms with E-state index < -0.39 is 5.97 Å². The van der Waals surface area contributed by atoms with E-state index in [-0.39, 0.29) is 5.69 Å². The van der Waals surface area contributed by atoms with Crippen molar-refractivity contribution >= 4 is 11.9 Å². The molecular weight excluding hydrogens is 218 g/mol. The summed E-state index contributed by atoms with van der Waals surface area (Å²) in [5.41, 5.74) is 1.02. The molecule has 0 radical (unpaired) electrons. The molecule has 0 saturated heterocycles. The van der Waals surface area contributed by atoms with Crippen LogP contribution in [0.25, 0.3) is 0 Å². The topological polar surface area (TPSA) is 75.1 Å². The molecule has 0 atom stereocenters. The summed E-state index contributed by atoms with van der Waals surface area (Å²) < 4.78 is 0. The Morgan fingerprint density at radius 2 is 2.24 bits per heavy atom. The Balaban J connectivity index is 2.07. The maximum absolute atomic E-state index is 10.9. The van der Waals surface area contributed by atoms with Crippen molar-refractivity contribution in [3.05, 3.63) is 17.5 Å². The zero-order chi connectivity index (χ0) is 12.5.